The molecule has 3 rings (SSSR count). The largest absolute Gasteiger partial charge is 0.478 e. The summed E-state index contributed by atoms with van der Waals surface area (Å²) >= 11 is 0. The molecule has 2 aromatic carbocycles. The highest BCUT2D eigenvalue weighted by molar-refractivity contribution is 6.08. The molecule has 0 bridgehead atoms. The molecule has 0 saturated carbocycles. The van der Waals surface area contributed by atoms with Crippen molar-refractivity contribution < 1.29 is 19.5 Å². The van der Waals surface area contributed by atoms with Crippen LogP contribution in [0.15, 0.2) is 42.5 Å². The lowest BCUT2D eigenvalue weighted by Gasteiger charge is -2.36. The van der Waals surface area contributed by atoms with Gasteiger partial charge in [-0.3, -0.25) is 14.5 Å². The first-order valence-electron chi connectivity index (χ1n) is 10.9. The van der Waals surface area contributed by atoms with Crippen molar-refractivity contribution in [3.63, 3.8) is 0 Å². The number of carbonyl (C=O) groups is 3. The van der Waals surface area contributed by atoms with Gasteiger partial charge >= 0.3 is 5.97 Å². The molecule has 1 heterocycles. The van der Waals surface area contributed by atoms with Gasteiger partial charge in [-0.15, -0.1) is 0 Å². The smallest absolute Gasteiger partial charge is 0.337 e. The second kappa shape index (κ2) is 10.8. The monoisotopic (exact) mass is 438 g/mol. The summed E-state index contributed by atoms with van der Waals surface area (Å²) in [4.78, 5) is 40.5. The van der Waals surface area contributed by atoms with E-state index in [1.807, 2.05) is 26.0 Å². The van der Waals surface area contributed by atoms with Crippen molar-refractivity contribution in [2.45, 2.75) is 20.3 Å². The average molecular weight is 439 g/mol. The minimum atomic E-state index is -1.10. The minimum absolute atomic E-state index is 0.0298. The van der Waals surface area contributed by atoms with E-state index < -0.39 is 5.97 Å². The van der Waals surface area contributed by atoms with Gasteiger partial charge in [0.2, 0.25) is 5.91 Å². The van der Waals surface area contributed by atoms with Gasteiger partial charge in [-0.05, 0) is 43.7 Å². The molecule has 0 spiro atoms. The van der Waals surface area contributed by atoms with Crippen LogP contribution in [0.4, 0.5) is 11.4 Å². The zero-order valence-corrected chi connectivity index (χ0v) is 18.6. The first kappa shape index (κ1) is 23.3. The Kier molecular flexibility index (Phi) is 7.83. The normalized spacial score (nSPS) is 14.1. The van der Waals surface area contributed by atoms with E-state index in [4.69, 9.17) is 0 Å². The predicted octanol–water partition coefficient (Wildman–Crippen LogP) is 2.59. The Balaban J connectivity index is 1.65. The molecule has 0 radical (unpaired) electrons. The van der Waals surface area contributed by atoms with E-state index in [0.717, 1.165) is 17.7 Å². The van der Waals surface area contributed by atoms with Gasteiger partial charge < -0.3 is 20.6 Å². The Hall–Kier alpha value is -3.39. The van der Waals surface area contributed by atoms with Crippen LogP contribution < -0.4 is 15.5 Å². The zero-order chi connectivity index (χ0) is 23.1. The molecular formula is C24H30N4O4. The summed E-state index contributed by atoms with van der Waals surface area (Å²) in [6.45, 7) is 7.78. The van der Waals surface area contributed by atoms with Crippen LogP contribution in [0.25, 0.3) is 0 Å². The molecule has 1 aliphatic rings. The molecule has 1 fully saturated rings. The van der Waals surface area contributed by atoms with Crippen LogP contribution in [0.5, 0.6) is 0 Å². The van der Waals surface area contributed by atoms with E-state index in [9.17, 15) is 19.5 Å². The fraction of sp³-hybridized carbons (Fsp3) is 0.375. The van der Waals surface area contributed by atoms with Gasteiger partial charge in [-0.25, -0.2) is 4.79 Å². The van der Waals surface area contributed by atoms with Crippen LogP contribution in [-0.4, -0.2) is 67.1 Å². The average Bonchev–Trinajstić information content (AvgIpc) is 2.78. The number of carboxylic acids is 1. The molecule has 170 valence electrons. The molecule has 0 aliphatic carbocycles. The van der Waals surface area contributed by atoms with Gasteiger partial charge in [0.1, 0.15) is 0 Å². The van der Waals surface area contributed by atoms with Crippen LogP contribution in [0.1, 0.15) is 39.6 Å². The lowest BCUT2D eigenvalue weighted by Crippen LogP contribution is -2.49. The number of nitrogens with one attached hydrogen (secondary N) is 2. The molecular weight excluding hydrogens is 408 g/mol. The Bertz CT molecular complexity index is 984. The van der Waals surface area contributed by atoms with Crippen molar-refractivity contribution in [3.05, 3.63) is 59.2 Å². The number of hydrogen-bond acceptors (Lipinski definition) is 5. The van der Waals surface area contributed by atoms with Gasteiger partial charge in [-0.2, -0.15) is 0 Å². The molecule has 2 amide bonds. The first-order chi connectivity index (χ1) is 15.4. The van der Waals surface area contributed by atoms with E-state index >= 15 is 0 Å². The predicted molar refractivity (Wildman–Crippen MR) is 124 cm³/mol. The van der Waals surface area contributed by atoms with Crippen LogP contribution in [0.2, 0.25) is 0 Å². The third-order valence-corrected chi connectivity index (χ3v) is 5.44. The summed E-state index contributed by atoms with van der Waals surface area (Å²) in [6.07, 6.45) is 0.910. The molecule has 2 aromatic rings. The number of benzene rings is 2. The fourth-order valence-electron chi connectivity index (χ4n) is 3.68. The summed E-state index contributed by atoms with van der Waals surface area (Å²) in [5.74, 6) is -1.42. The van der Waals surface area contributed by atoms with Crippen LogP contribution in [0, 0.1) is 6.92 Å². The van der Waals surface area contributed by atoms with Crippen molar-refractivity contribution in [2.24, 2.45) is 0 Å². The fourth-order valence-corrected chi connectivity index (χ4v) is 3.68. The van der Waals surface area contributed by atoms with E-state index in [2.05, 4.69) is 20.4 Å². The molecule has 3 N–H and O–H groups in total. The highest BCUT2D eigenvalue weighted by atomic mass is 16.4. The Morgan fingerprint density at radius 3 is 2.44 bits per heavy atom. The minimum Gasteiger partial charge on any atom is -0.478 e. The molecule has 0 aromatic heterocycles. The number of carboxylic acid groups (broad SMARTS) is 1. The first-order valence-corrected chi connectivity index (χ1v) is 10.9. The maximum Gasteiger partial charge on any atom is 0.337 e. The van der Waals surface area contributed by atoms with Gasteiger partial charge in [0.15, 0.2) is 0 Å². The SMILES string of the molecule is CCCNC(=O)CN1CCN(c2ccc(NC(=O)c3cccc(C)c3)c(C(=O)O)c2)CC1. The second-order valence-corrected chi connectivity index (χ2v) is 7.97. The van der Waals surface area contributed by atoms with Crippen LogP contribution in [0.3, 0.4) is 0 Å². The number of amides is 2. The van der Waals surface area contributed by atoms with Gasteiger partial charge in [0.05, 0.1) is 17.8 Å². The highest BCUT2D eigenvalue weighted by Gasteiger charge is 2.21. The Labute approximate surface area is 188 Å². The molecule has 32 heavy (non-hydrogen) atoms. The molecule has 8 heteroatoms. The number of carbonyl (C=O) groups excluding carboxylic acids is 2. The van der Waals surface area contributed by atoms with E-state index in [-0.39, 0.29) is 23.1 Å². The van der Waals surface area contributed by atoms with Crippen LogP contribution >= 0.6 is 0 Å². The van der Waals surface area contributed by atoms with Crippen molar-refractivity contribution in [2.75, 3.05) is 49.5 Å². The zero-order valence-electron chi connectivity index (χ0n) is 18.6. The molecule has 1 saturated heterocycles. The van der Waals surface area contributed by atoms with Crippen molar-refractivity contribution >= 4 is 29.2 Å². The summed E-state index contributed by atoms with van der Waals surface area (Å²) < 4.78 is 0. The van der Waals surface area contributed by atoms with Crippen molar-refractivity contribution in [1.82, 2.24) is 10.2 Å². The van der Waals surface area contributed by atoms with E-state index in [0.29, 0.717) is 44.8 Å². The summed E-state index contributed by atoms with van der Waals surface area (Å²) in [6, 6.07) is 12.2. The van der Waals surface area contributed by atoms with Crippen LogP contribution in [-0.2, 0) is 4.79 Å². The quantitative estimate of drug-likeness (QED) is 0.586. The number of aryl methyl sites for hydroxylation is 1. The molecule has 0 unspecified atom stereocenters. The third kappa shape index (κ3) is 6.07. The molecule has 1 aliphatic heterocycles. The standard InChI is InChI=1S/C24H30N4O4/c1-3-9-25-22(29)16-27-10-12-28(13-11-27)19-7-8-21(20(15-19)24(31)32)26-23(30)18-6-4-5-17(2)14-18/h4-8,14-15H,3,9-13,16H2,1-2H3,(H,25,29)(H,26,30)(H,31,32). The number of rotatable bonds is 8. The Morgan fingerprint density at radius 2 is 1.78 bits per heavy atom. The summed E-state index contributed by atoms with van der Waals surface area (Å²) in [5.41, 5.74) is 2.52. The van der Waals surface area contributed by atoms with Crippen molar-refractivity contribution in [3.8, 4) is 0 Å². The summed E-state index contributed by atoms with van der Waals surface area (Å²) in [7, 11) is 0. The van der Waals surface area contributed by atoms with Gasteiger partial charge in [0.25, 0.3) is 5.91 Å². The number of anilines is 2. The summed E-state index contributed by atoms with van der Waals surface area (Å²) in [5, 5.41) is 15.3. The number of aromatic carboxylic acids is 1. The maximum absolute atomic E-state index is 12.6. The third-order valence-electron chi connectivity index (χ3n) is 5.44. The van der Waals surface area contributed by atoms with Crippen molar-refractivity contribution in [1.29, 1.82) is 0 Å². The number of hydrogen-bond donors (Lipinski definition) is 3. The highest BCUT2D eigenvalue weighted by Crippen LogP contribution is 2.25. The number of piperazine rings is 1. The van der Waals surface area contributed by atoms with E-state index in [1.165, 1.54) is 0 Å². The lowest BCUT2D eigenvalue weighted by molar-refractivity contribution is -0.122. The number of nitrogens with zero attached hydrogens (tertiary/aromatic N) is 2. The second-order valence-electron chi connectivity index (χ2n) is 7.97. The van der Waals surface area contributed by atoms with Gasteiger partial charge in [0, 0.05) is 44.0 Å². The molecule has 0 atom stereocenters. The lowest BCUT2D eigenvalue weighted by atomic mass is 10.1. The van der Waals surface area contributed by atoms with E-state index in [1.54, 1.807) is 30.3 Å². The topological polar surface area (TPSA) is 102 Å². The van der Waals surface area contributed by atoms with Gasteiger partial charge in [-0.1, -0.05) is 24.6 Å². The Morgan fingerprint density at radius 1 is 1.03 bits per heavy atom. The maximum atomic E-state index is 12.6. The molecule has 8 nitrogen and oxygen atoms in total.